The molecule has 2 unspecified atom stereocenters. The van der Waals surface area contributed by atoms with Gasteiger partial charge in [-0.25, -0.2) is 19.3 Å². The molecule has 1 N–H and O–H groups in total. The van der Waals surface area contributed by atoms with E-state index in [4.69, 9.17) is 14.4 Å². The number of furan rings is 1. The number of nitrogens with one attached hydrogen (secondary N) is 1. The second-order valence-corrected chi connectivity index (χ2v) is 11.2. The first-order chi connectivity index (χ1) is 17.6. The predicted molar refractivity (Wildman–Crippen MR) is 138 cm³/mol. The summed E-state index contributed by atoms with van der Waals surface area (Å²) in [6.07, 6.45) is 7.44. The van der Waals surface area contributed by atoms with Gasteiger partial charge in [0.05, 0.1) is 16.5 Å². The Labute approximate surface area is 212 Å². The smallest absolute Gasteiger partial charge is 0.181 e. The van der Waals surface area contributed by atoms with Crippen LogP contribution in [0.4, 0.5) is 4.39 Å². The Morgan fingerprint density at radius 3 is 2.69 bits per heavy atom. The van der Waals surface area contributed by atoms with Gasteiger partial charge in [-0.05, 0) is 91.5 Å². The van der Waals surface area contributed by atoms with Gasteiger partial charge in [0.25, 0.3) is 0 Å². The van der Waals surface area contributed by atoms with Crippen LogP contribution < -0.4 is 0 Å². The highest BCUT2D eigenvalue weighted by molar-refractivity contribution is 7.13. The van der Waals surface area contributed by atoms with Gasteiger partial charge in [0, 0.05) is 5.69 Å². The number of aromatic amines is 1. The Balaban J connectivity index is 1.33. The molecule has 3 fully saturated rings. The van der Waals surface area contributed by atoms with Crippen LogP contribution in [0.5, 0.6) is 0 Å². The van der Waals surface area contributed by atoms with E-state index in [-0.39, 0.29) is 0 Å². The monoisotopic (exact) mass is 499 g/mol. The maximum Gasteiger partial charge on any atom is 0.181 e. The molecular weight excluding hydrogens is 473 g/mol. The van der Waals surface area contributed by atoms with Gasteiger partial charge >= 0.3 is 0 Å². The normalized spacial score (nSPS) is 23.5. The molecule has 5 aromatic rings. The van der Waals surface area contributed by atoms with Crippen LogP contribution in [0.1, 0.15) is 38.3 Å². The van der Waals surface area contributed by atoms with Crippen molar-refractivity contribution in [2.45, 2.75) is 39.0 Å². The molecule has 3 saturated carbocycles. The van der Waals surface area contributed by atoms with E-state index in [0.717, 1.165) is 40.3 Å². The van der Waals surface area contributed by atoms with Gasteiger partial charge in [-0.1, -0.05) is 13.0 Å². The number of rotatable bonds is 5. The van der Waals surface area contributed by atoms with Crippen molar-refractivity contribution in [3.05, 3.63) is 59.5 Å². The van der Waals surface area contributed by atoms with E-state index in [1.54, 1.807) is 11.3 Å². The number of nitrogens with zero attached hydrogens (tertiary/aromatic N) is 4. The summed E-state index contributed by atoms with van der Waals surface area (Å²) in [4.78, 5) is 15.0. The molecule has 0 spiro atoms. The van der Waals surface area contributed by atoms with Crippen LogP contribution in [-0.2, 0) is 6.42 Å². The topological polar surface area (TPSA) is 80.5 Å². The van der Waals surface area contributed by atoms with E-state index < -0.39 is 5.82 Å². The Kier molecular flexibility index (Phi) is 5.23. The molecule has 0 saturated heterocycles. The third-order valence-corrected chi connectivity index (χ3v) is 9.17. The zero-order chi connectivity index (χ0) is 24.2. The fourth-order valence-electron chi connectivity index (χ4n) is 6.38. The number of hydrogen-bond donors (Lipinski definition) is 1. The van der Waals surface area contributed by atoms with E-state index in [1.165, 1.54) is 37.9 Å². The molecule has 0 amide bonds. The predicted octanol–water partition coefficient (Wildman–Crippen LogP) is 7.16. The van der Waals surface area contributed by atoms with Crippen molar-refractivity contribution in [2.24, 2.45) is 23.7 Å². The van der Waals surface area contributed by atoms with Crippen LogP contribution in [0.3, 0.4) is 0 Å². The summed E-state index contributed by atoms with van der Waals surface area (Å²) >= 11 is 1.64. The largest absolute Gasteiger partial charge is 0.454 e. The highest BCUT2D eigenvalue weighted by Crippen LogP contribution is 2.49. The molecule has 2 atom stereocenters. The molecule has 8 rings (SSSR count). The lowest BCUT2D eigenvalue weighted by molar-refractivity contribution is 0.0339. The van der Waals surface area contributed by atoms with Gasteiger partial charge in [-0.2, -0.15) is 5.10 Å². The molecule has 2 bridgehead atoms. The van der Waals surface area contributed by atoms with Crippen LogP contribution in [0, 0.1) is 29.5 Å². The fraction of sp³-hybridized carbons (Fsp3) is 0.357. The van der Waals surface area contributed by atoms with Gasteiger partial charge in [-0.3, -0.25) is 5.10 Å². The molecule has 8 heteroatoms. The summed E-state index contributed by atoms with van der Waals surface area (Å²) in [6.45, 7) is 2.42. The van der Waals surface area contributed by atoms with Gasteiger partial charge in [-0.15, -0.1) is 11.3 Å². The lowest BCUT2D eigenvalue weighted by Crippen LogP contribution is -2.39. The summed E-state index contributed by atoms with van der Waals surface area (Å²) in [5.74, 6) is 4.47. The molecule has 5 aromatic heterocycles. The Morgan fingerprint density at radius 2 is 1.89 bits per heavy atom. The van der Waals surface area contributed by atoms with Crippen LogP contribution in [-0.4, -0.2) is 25.1 Å². The summed E-state index contributed by atoms with van der Waals surface area (Å²) in [7, 11) is 0. The molecule has 3 aliphatic carbocycles. The molecule has 0 aliphatic heterocycles. The number of thiophene rings is 1. The van der Waals surface area contributed by atoms with Crippen molar-refractivity contribution >= 4 is 22.4 Å². The quantitative estimate of drug-likeness (QED) is 0.278. The highest BCUT2D eigenvalue weighted by atomic mass is 32.1. The number of halogens is 1. The summed E-state index contributed by atoms with van der Waals surface area (Å²) in [5, 5.41) is 9.86. The molecule has 182 valence electrons. The number of hydrogen-bond acceptors (Lipinski definition) is 6. The fourth-order valence-corrected chi connectivity index (χ4v) is 7.07. The van der Waals surface area contributed by atoms with Gasteiger partial charge in [0.15, 0.2) is 17.2 Å². The number of pyridine rings is 1. The van der Waals surface area contributed by atoms with Gasteiger partial charge < -0.3 is 4.42 Å². The van der Waals surface area contributed by atoms with Crippen molar-refractivity contribution in [1.29, 1.82) is 0 Å². The minimum atomic E-state index is -0.416. The van der Waals surface area contributed by atoms with E-state index in [1.807, 2.05) is 29.6 Å². The number of aromatic nitrogens is 5. The maximum atomic E-state index is 14.0. The van der Waals surface area contributed by atoms with E-state index >= 15 is 0 Å². The van der Waals surface area contributed by atoms with Crippen molar-refractivity contribution in [3.63, 3.8) is 0 Å². The van der Waals surface area contributed by atoms with Crippen LogP contribution in [0.15, 0.2) is 52.4 Å². The number of H-pyrrole nitrogens is 1. The molecule has 0 radical (unpaired) electrons. The zero-order valence-electron chi connectivity index (χ0n) is 19.9. The number of fused-ring (bicyclic) bond motifs is 4. The molecule has 5 heterocycles. The first-order valence-corrected chi connectivity index (χ1v) is 13.5. The van der Waals surface area contributed by atoms with E-state index in [2.05, 4.69) is 28.2 Å². The third-order valence-electron chi connectivity index (χ3n) is 8.29. The van der Waals surface area contributed by atoms with Crippen LogP contribution in [0.2, 0.25) is 0 Å². The average molecular weight is 500 g/mol. The van der Waals surface area contributed by atoms with Crippen LogP contribution >= 0.6 is 11.3 Å². The second kappa shape index (κ2) is 8.62. The molecule has 6 nitrogen and oxygen atoms in total. The van der Waals surface area contributed by atoms with Crippen molar-refractivity contribution in [3.8, 4) is 33.6 Å². The van der Waals surface area contributed by atoms with Crippen LogP contribution in [0.25, 0.3) is 44.6 Å². The first-order valence-electron chi connectivity index (χ1n) is 12.6. The minimum absolute atomic E-state index is 0.416. The average Bonchev–Trinajstić information content (AvgIpc) is 3.67. The first kappa shape index (κ1) is 21.9. The van der Waals surface area contributed by atoms with Gasteiger partial charge in [0.2, 0.25) is 0 Å². The SMILES string of the molecule is CC1C2CCC(CC2)C1Cc1cc(-c2ccc(-c3cccs3)o2)nc(-c2[nH]nc3ncc(F)cc23)n1. The van der Waals surface area contributed by atoms with Crippen molar-refractivity contribution < 1.29 is 8.81 Å². The molecule has 0 aromatic carbocycles. The molecule has 36 heavy (non-hydrogen) atoms. The standard InChI is InChI=1S/C28H26FN5OS/c1-15-16-4-6-17(7-5-16)20(15)12-19-13-22(23-8-9-24(35-23)25-3-2-10-36-25)32-28(31-19)26-21-11-18(29)14-30-27(21)34-33-26/h2-3,8-11,13-17,20H,4-7,12H2,1H3,(H,30,33,34). The van der Waals surface area contributed by atoms with Crippen molar-refractivity contribution in [1.82, 2.24) is 25.1 Å². The summed E-state index contributed by atoms with van der Waals surface area (Å²) in [6, 6.07) is 11.5. The second-order valence-electron chi connectivity index (χ2n) is 10.2. The summed E-state index contributed by atoms with van der Waals surface area (Å²) < 4.78 is 20.3. The Morgan fingerprint density at radius 1 is 1.06 bits per heavy atom. The van der Waals surface area contributed by atoms with E-state index in [9.17, 15) is 4.39 Å². The Bertz CT molecular complexity index is 1530. The lowest BCUT2D eigenvalue weighted by Gasteiger charge is -2.47. The zero-order valence-corrected chi connectivity index (χ0v) is 20.8. The maximum absolute atomic E-state index is 14.0. The van der Waals surface area contributed by atoms with E-state index in [0.29, 0.717) is 40.1 Å². The summed E-state index contributed by atoms with van der Waals surface area (Å²) in [5.41, 5.74) is 2.72. The van der Waals surface area contributed by atoms with Crippen molar-refractivity contribution in [2.75, 3.05) is 0 Å². The third kappa shape index (κ3) is 3.75. The molecule has 3 aliphatic rings. The minimum Gasteiger partial charge on any atom is -0.454 e. The lowest BCUT2D eigenvalue weighted by atomic mass is 9.58. The molecular formula is C28H26FN5OS. The Hall–Kier alpha value is -3.39. The van der Waals surface area contributed by atoms with Gasteiger partial charge in [0.1, 0.15) is 23.0 Å². The highest BCUT2D eigenvalue weighted by Gasteiger charge is 2.41.